The van der Waals surface area contributed by atoms with Crippen molar-refractivity contribution >= 4 is 12.2 Å². The van der Waals surface area contributed by atoms with Gasteiger partial charge >= 0.3 is 0 Å². The van der Waals surface area contributed by atoms with E-state index in [9.17, 15) is 0 Å². The number of allylic oxidation sites excluding steroid dienone is 5. The van der Waals surface area contributed by atoms with Crippen molar-refractivity contribution in [2.45, 2.75) is 13.8 Å². The monoisotopic (exact) mass is 344 g/mol. The summed E-state index contributed by atoms with van der Waals surface area (Å²) in [5.74, 6) is 0. The normalized spacial score (nSPS) is 8.23. The Hall–Kier alpha value is -3.12. The lowest BCUT2D eigenvalue weighted by atomic mass is 10.2. The van der Waals surface area contributed by atoms with Crippen LogP contribution < -0.4 is 0 Å². The maximum atomic E-state index is 3.63. The summed E-state index contributed by atoms with van der Waals surface area (Å²) in [6.07, 6.45) is 11.0. The molecule has 0 saturated heterocycles. The molecule has 0 amide bonds. The summed E-state index contributed by atoms with van der Waals surface area (Å²) in [6, 6.07) is 20.1. The Morgan fingerprint density at radius 3 is 1.19 bits per heavy atom. The molecule has 0 N–H and O–H groups in total. The third-order valence-electron chi connectivity index (χ3n) is 2.75. The number of benzene rings is 2. The second-order valence-electron chi connectivity index (χ2n) is 5.04. The predicted molar refractivity (Wildman–Crippen MR) is 123 cm³/mol. The molecule has 136 valence electrons. The predicted octanol–water partition coefficient (Wildman–Crippen LogP) is 8.16. The third-order valence-corrected chi connectivity index (χ3v) is 2.75. The Morgan fingerprint density at radius 2 is 1.08 bits per heavy atom. The molecule has 0 fully saturated rings. The minimum Gasteiger partial charge on any atom is -0.0991 e. The van der Waals surface area contributed by atoms with Crippen LogP contribution in [0.3, 0.4) is 0 Å². The lowest BCUT2D eigenvalue weighted by Gasteiger charge is -1.85. The van der Waals surface area contributed by atoms with Gasteiger partial charge in [-0.3, -0.25) is 0 Å². The van der Waals surface area contributed by atoms with E-state index >= 15 is 0 Å². The molecule has 0 nitrogen and oxygen atoms in total. The Kier molecular flexibility index (Phi) is 19.3. The van der Waals surface area contributed by atoms with Crippen LogP contribution >= 0.6 is 0 Å². The van der Waals surface area contributed by atoms with Crippen molar-refractivity contribution in [3.63, 3.8) is 0 Å². The van der Waals surface area contributed by atoms with Crippen LogP contribution in [-0.2, 0) is 0 Å². The standard InChI is InChI=1S/2C8H8.2C5H8/c2*1-2-8-6-4-3-5-7-8;1-4-5(2)3;1-3-5-4-2/h2*2-7H,1H2;4H,1-2H2,3H3;3-5H,1H2,2H3. The van der Waals surface area contributed by atoms with E-state index < -0.39 is 0 Å². The van der Waals surface area contributed by atoms with Gasteiger partial charge in [0.1, 0.15) is 0 Å². The van der Waals surface area contributed by atoms with Gasteiger partial charge in [0.15, 0.2) is 0 Å². The van der Waals surface area contributed by atoms with Crippen LogP contribution in [0.5, 0.6) is 0 Å². The highest BCUT2D eigenvalue weighted by atomic mass is 13.8. The number of hydrogen-bond acceptors (Lipinski definition) is 0. The molecule has 0 aromatic heterocycles. The summed E-state index contributed by atoms with van der Waals surface area (Å²) in [5, 5.41) is 0. The summed E-state index contributed by atoms with van der Waals surface area (Å²) in [7, 11) is 0. The quantitative estimate of drug-likeness (QED) is 0.491. The SMILES string of the molecule is C=CC(=C)C.C=CC=CC.C=Cc1ccccc1.C=Cc1ccccc1. The van der Waals surface area contributed by atoms with E-state index in [-0.39, 0.29) is 0 Å². The summed E-state index contributed by atoms with van der Waals surface area (Å²) < 4.78 is 0. The molecule has 0 radical (unpaired) electrons. The molecule has 0 heterocycles. The van der Waals surface area contributed by atoms with Crippen LogP contribution in [0.25, 0.3) is 12.2 Å². The topological polar surface area (TPSA) is 0 Å². The van der Waals surface area contributed by atoms with Gasteiger partial charge in [-0.05, 0) is 25.0 Å². The minimum atomic E-state index is 1.02. The van der Waals surface area contributed by atoms with Crippen LogP contribution in [0.4, 0.5) is 0 Å². The first-order valence-electron chi connectivity index (χ1n) is 8.42. The maximum absolute atomic E-state index is 3.63. The van der Waals surface area contributed by atoms with Gasteiger partial charge in [0.2, 0.25) is 0 Å². The highest BCUT2D eigenvalue weighted by molar-refractivity contribution is 5.46. The summed E-state index contributed by atoms with van der Waals surface area (Å²) in [4.78, 5) is 0. The first kappa shape index (κ1) is 25.1. The van der Waals surface area contributed by atoms with Crippen molar-refractivity contribution in [3.8, 4) is 0 Å². The Bertz CT molecular complexity index is 599. The first-order chi connectivity index (χ1) is 12.5. The molecule has 2 aromatic rings. The lowest BCUT2D eigenvalue weighted by molar-refractivity contribution is 1.58. The van der Waals surface area contributed by atoms with Gasteiger partial charge in [0.25, 0.3) is 0 Å². The molecule has 0 heteroatoms. The van der Waals surface area contributed by atoms with Gasteiger partial charge < -0.3 is 0 Å². The fraction of sp³-hybridized carbons (Fsp3) is 0.0769. The molecule has 0 atom stereocenters. The third kappa shape index (κ3) is 18.9. The zero-order valence-electron chi connectivity index (χ0n) is 16.3. The molecule has 26 heavy (non-hydrogen) atoms. The molecule has 0 spiro atoms. The zero-order valence-corrected chi connectivity index (χ0v) is 16.3. The number of hydrogen-bond donors (Lipinski definition) is 0. The summed E-state index contributed by atoms with van der Waals surface area (Å²) in [6.45, 7) is 21.6. The van der Waals surface area contributed by atoms with Gasteiger partial charge in [-0.15, -0.1) is 0 Å². The maximum Gasteiger partial charge on any atom is -0.0263 e. The van der Waals surface area contributed by atoms with Gasteiger partial charge in [-0.25, -0.2) is 0 Å². The van der Waals surface area contributed by atoms with E-state index in [1.54, 1.807) is 12.2 Å². The first-order valence-corrected chi connectivity index (χ1v) is 8.42. The minimum absolute atomic E-state index is 1.02. The smallest absolute Gasteiger partial charge is 0.0263 e. The van der Waals surface area contributed by atoms with Crippen molar-refractivity contribution in [3.05, 3.63) is 135 Å². The lowest BCUT2D eigenvalue weighted by Crippen LogP contribution is -1.63. The molecule has 0 aliphatic heterocycles. The van der Waals surface area contributed by atoms with Crippen LogP contribution in [0.15, 0.2) is 123 Å². The van der Waals surface area contributed by atoms with E-state index in [1.807, 2.05) is 98.8 Å². The fourth-order valence-corrected chi connectivity index (χ4v) is 1.31. The Balaban J connectivity index is 0. The fourth-order valence-electron chi connectivity index (χ4n) is 1.31. The molecule has 0 saturated carbocycles. The molecule has 0 aliphatic carbocycles. The van der Waals surface area contributed by atoms with Crippen molar-refractivity contribution < 1.29 is 0 Å². The van der Waals surface area contributed by atoms with Crippen LogP contribution in [0, 0.1) is 0 Å². The Labute approximate surface area is 160 Å². The van der Waals surface area contributed by atoms with Crippen LogP contribution in [-0.4, -0.2) is 0 Å². The van der Waals surface area contributed by atoms with Crippen LogP contribution in [0.1, 0.15) is 25.0 Å². The molecule has 0 aliphatic rings. The van der Waals surface area contributed by atoms with Gasteiger partial charge in [0.05, 0.1) is 0 Å². The molecule has 0 unspecified atom stereocenters. The second-order valence-corrected chi connectivity index (χ2v) is 5.04. The molecule has 2 aromatic carbocycles. The Morgan fingerprint density at radius 1 is 0.731 bits per heavy atom. The molecule has 0 bridgehead atoms. The van der Waals surface area contributed by atoms with Crippen molar-refractivity contribution in [1.29, 1.82) is 0 Å². The van der Waals surface area contributed by atoms with E-state index in [2.05, 4.69) is 32.9 Å². The zero-order chi connectivity index (χ0) is 20.0. The largest absolute Gasteiger partial charge is 0.0991 e. The van der Waals surface area contributed by atoms with Gasteiger partial charge in [-0.2, -0.15) is 0 Å². The average molecular weight is 345 g/mol. The summed E-state index contributed by atoms with van der Waals surface area (Å²) in [5.41, 5.74) is 3.37. The highest BCUT2D eigenvalue weighted by Gasteiger charge is 1.76. The van der Waals surface area contributed by atoms with Crippen LogP contribution in [0.2, 0.25) is 0 Å². The van der Waals surface area contributed by atoms with Crippen molar-refractivity contribution in [1.82, 2.24) is 0 Å². The highest BCUT2D eigenvalue weighted by Crippen LogP contribution is 1.98. The average Bonchev–Trinajstić information content (AvgIpc) is 2.71. The number of rotatable bonds is 4. The van der Waals surface area contributed by atoms with Gasteiger partial charge in [-0.1, -0.05) is 136 Å². The van der Waals surface area contributed by atoms with E-state index in [4.69, 9.17) is 0 Å². The van der Waals surface area contributed by atoms with Gasteiger partial charge in [0, 0.05) is 0 Å². The van der Waals surface area contributed by atoms with Crippen molar-refractivity contribution in [2.24, 2.45) is 0 Å². The summed E-state index contributed by atoms with van der Waals surface area (Å²) >= 11 is 0. The van der Waals surface area contributed by atoms with E-state index in [1.165, 1.54) is 11.1 Å². The molecule has 2 rings (SSSR count). The van der Waals surface area contributed by atoms with Crippen molar-refractivity contribution in [2.75, 3.05) is 0 Å². The second kappa shape index (κ2) is 19.9. The van der Waals surface area contributed by atoms with E-state index in [0.29, 0.717) is 0 Å². The molecular weight excluding hydrogens is 312 g/mol. The van der Waals surface area contributed by atoms with E-state index in [0.717, 1.165) is 5.57 Å². The molecular formula is C26H32.